The number of carbonyl (C=O) groups is 1. The lowest BCUT2D eigenvalue weighted by molar-refractivity contribution is 0.102. The van der Waals surface area contributed by atoms with Crippen LogP contribution in [0.5, 0.6) is 5.75 Å². The lowest BCUT2D eigenvalue weighted by Crippen LogP contribution is -2.49. The molecule has 0 saturated carbocycles. The Morgan fingerprint density at radius 2 is 1.83 bits per heavy atom. The van der Waals surface area contributed by atoms with Gasteiger partial charge in [-0.3, -0.25) is 9.59 Å². The van der Waals surface area contributed by atoms with Crippen LogP contribution in [0.15, 0.2) is 41.2 Å². The summed E-state index contributed by atoms with van der Waals surface area (Å²) in [5, 5.41) is 2.69. The number of piperidine rings is 1. The SMILES string of the molecule is COc1ccc(C(=O)Nc2ccc3n(c2=O)C[C@H]2C[C@@H]3CN(S(C)(=O)=O)C2)cc1. The first-order valence-electron chi connectivity index (χ1n) is 9.40. The normalized spacial score (nSPS) is 21.3. The number of hydrogen-bond donors (Lipinski definition) is 1. The van der Waals surface area contributed by atoms with Gasteiger partial charge >= 0.3 is 0 Å². The number of amides is 1. The predicted molar refractivity (Wildman–Crippen MR) is 109 cm³/mol. The molecule has 8 nitrogen and oxygen atoms in total. The first-order chi connectivity index (χ1) is 13.8. The van der Waals surface area contributed by atoms with Crippen LogP contribution in [0.2, 0.25) is 0 Å². The summed E-state index contributed by atoms with van der Waals surface area (Å²) < 4.78 is 32.2. The van der Waals surface area contributed by atoms with E-state index < -0.39 is 10.0 Å². The third-order valence-electron chi connectivity index (χ3n) is 5.64. The molecular formula is C20H23N3O5S. The van der Waals surface area contributed by atoms with Crippen LogP contribution in [0.3, 0.4) is 0 Å². The standard InChI is InChI=1S/C20H23N3O5S/c1-28-16-5-3-14(4-6-16)19(24)21-17-7-8-18-15-9-13(11-23(18)20(17)25)10-22(12-15)29(2,26)27/h3-8,13,15H,9-12H2,1-2H3,(H,21,24)/t13-,15+/m0/s1. The van der Waals surface area contributed by atoms with Gasteiger partial charge < -0.3 is 14.6 Å². The van der Waals surface area contributed by atoms with Gasteiger partial charge in [-0.05, 0) is 48.7 Å². The van der Waals surface area contributed by atoms with Crippen LogP contribution >= 0.6 is 0 Å². The van der Waals surface area contributed by atoms with E-state index in [1.807, 2.05) is 6.07 Å². The summed E-state index contributed by atoms with van der Waals surface area (Å²) in [5.74, 6) is 0.340. The maximum absolute atomic E-state index is 13.0. The number of aromatic nitrogens is 1. The number of fused-ring (bicyclic) bond motifs is 4. The van der Waals surface area contributed by atoms with E-state index in [0.717, 1.165) is 12.1 Å². The van der Waals surface area contributed by atoms with Gasteiger partial charge in [-0.15, -0.1) is 0 Å². The van der Waals surface area contributed by atoms with Gasteiger partial charge in [0.15, 0.2) is 0 Å². The molecule has 0 radical (unpaired) electrons. The van der Waals surface area contributed by atoms with Gasteiger partial charge in [0.1, 0.15) is 11.4 Å². The minimum atomic E-state index is -3.26. The zero-order chi connectivity index (χ0) is 20.8. The molecule has 3 heterocycles. The fourth-order valence-corrected chi connectivity index (χ4v) is 5.14. The molecule has 0 aliphatic carbocycles. The number of ether oxygens (including phenoxy) is 1. The van der Waals surface area contributed by atoms with Crippen molar-refractivity contribution in [3.8, 4) is 5.75 Å². The molecule has 1 fully saturated rings. The van der Waals surface area contributed by atoms with Gasteiger partial charge in [-0.2, -0.15) is 0 Å². The van der Waals surface area contributed by atoms with E-state index in [4.69, 9.17) is 4.74 Å². The number of nitrogens with zero attached hydrogens (tertiary/aromatic N) is 2. The van der Waals surface area contributed by atoms with Gasteiger partial charge in [-0.25, -0.2) is 12.7 Å². The summed E-state index contributed by atoms with van der Waals surface area (Å²) in [5.41, 5.74) is 1.21. The Labute approximate surface area is 169 Å². The molecule has 2 bridgehead atoms. The molecule has 1 aromatic carbocycles. The first-order valence-corrected chi connectivity index (χ1v) is 11.3. The van der Waals surface area contributed by atoms with Crippen molar-refractivity contribution >= 4 is 21.6 Å². The molecule has 1 amide bonds. The minimum Gasteiger partial charge on any atom is -0.497 e. The summed E-state index contributed by atoms with van der Waals surface area (Å²) in [6, 6.07) is 10.1. The second-order valence-electron chi connectivity index (χ2n) is 7.65. The van der Waals surface area contributed by atoms with E-state index in [1.165, 1.54) is 10.6 Å². The molecule has 2 aliphatic rings. The van der Waals surface area contributed by atoms with E-state index in [-0.39, 0.29) is 29.0 Å². The third kappa shape index (κ3) is 3.79. The second kappa shape index (κ2) is 7.31. The highest BCUT2D eigenvalue weighted by Gasteiger charge is 2.37. The van der Waals surface area contributed by atoms with Gasteiger partial charge in [-0.1, -0.05) is 0 Å². The van der Waals surface area contributed by atoms with Crippen molar-refractivity contribution < 1.29 is 17.9 Å². The van der Waals surface area contributed by atoms with Crippen molar-refractivity contribution in [2.45, 2.75) is 18.9 Å². The van der Waals surface area contributed by atoms with Crippen LogP contribution in [-0.4, -0.2) is 49.7 Å². The lowest BCUT2D eigenvalue weighted by atomic mass is 9.84. The Morgan fingerprint density at radius 1 is 1.10 bits per heavy atom. The largest absolute Gasteiger partial charge is 0.497 e. The molecular weight excluding hydrogens is 394 g/mol. The zero-order valence-corrected chi connectivity index (χ0v) is 17.1. The van der Waals surface area contributed by atoms with E-state index in [2.05, 4.69) is 5.32 Å². The molecule has 1 saturated heterocycles. The number of anilines is 1. The molecule has 29 heavy (non-hydrogen) atoms. The molecule has 1 aromatic heterocycles. The maximum atomic E-state index is 13.0. The number of benzene rings is 1. The van der Waals surface area contributed by atoms with Crippen LogP contribution in [0.4, 0.5) is 5.69 Å². The molecule has 1 N–H and O–H groups in total. The van der Waals surface area contributed by atoms with Crippen LogP contribution < -0.4 is 15.6 Å². The number of sulfonamides is 1. The summed E-state index contributed by atoms with van der Waals surface area (Å²) >= 11 is 0. The van der Waals surface area contributed by atoms with Crippen LogP contribution in [0.1, 0.15) is 28.4 Å². The molecule has 9 heteroatoms. The van der Waals surface area contributed by atoms with Gasteiger partial charge in [0.2, 0.25) is 10.0 Å². The molecule has 0 spiro atoms. The summed E-state index contributed by atoms with van der Waals surface area (Å²) in [4.78, 5) is 25.5. The number of methoxy groups -OCH3 is 1. The van der Waals surface area contributed by atoms with E-state index in [9.17, 15) is 18.0 Å². The summed E-state index contributed by atoms with van der Waals surface area (Å²) in [6.07, 6.45) is 2.09. The van der Waals surface area contributed by atoms with E-state index >= 15 is 0 Å². The Balaban J connectivity index is 1.59. The number of hydrogen-bond acceptors (Lipinski definition) is 5. The van der Waals surface area contributed by atoms with Crippen molar-refractivity contribution in [2.24, 2.45) is 5.92 Å². The quantitative estimate of drug-likeness (QED) is 0.813. The van der Waals surface area contributed by atoms with Gasteiger partial charge in [0.05, 0.1) is 13.4 Å². The van der Waals surface area contributed by atoms with Crippen molar-refractivity contribution in [3.05, 3.63) is 58.0 Å². The van der Waals surface area contributed by atoms with Crippen LogP contribution in [-0.2, 0) is 16.6 Å². The smallest absolute Gasteiger partial charge is 0.274 e. The molecule has 154 valence electrons. The summed E-state index contributed by atoms with van der Waals surface area (Å²) in [7, 11) is -1.71. The van der Waals surface area contributed by atoms with Crippen molar-refractivity contribution in [1.29, 1.82) is 0 Å². The molecule has 2 aliphatic heterocycles. The van der Waals surface area contributed by atoms with E-state index in [0.29, 0.717) is 30.9 Å². The highest BCUT2D eigenvalue weighted by Crippen LogP contribution is 2.36. The van der Waals surface area contributed by atoms with Gasteiger partial charge in [0, 0.05) is 36.8 Å². The molecule has 2 atom stereocenters. The lowest BCUT2D eigenvalue weighted by Gasteiger charge is -2.41. The Hall–Kier alpha value is -2.65. The number of rotatable bonds is 4. The first kappa shape index (κ1) is 19.7. The zero-order valence-electron chi connectivity index (χ0n) is 16.3. The fraction of sp³-hybridized carbons (Fsp3) is 0.400. The van der Waals surface area contributed by atoms with E-state index in [1.54, 1.807) is 42.0 Å². The molecule has 4 rings (SSSR count). The Bertz CT molecular complexity index is 1110. The highest BCUT2D eigenvalue weighted by atomic mass is 32.2. The Morgan fingerprint density at radius 3 is 2.48 bits per heavy atom. The Kier molecular flexibility index (Phi) is 4.95. The molecule has 2 aromatic rings. The average molecular weight is 417 g/mol. The maximum Gasteiger partial charge on any atom is 0.274 e. The fourth-order valence-electron chi connectivity index (χ4n) is 4.20. The second-order valence-corrected chi connectivity index (χ2v) is 9.63. The minimum absolute atomic E-state index is 0.0173. The summed E-state index contributed by atoms with van der Waals surface area (Å²) in [6.45, 7) is 1.25. The van der Waals surface area contributed by atoms with Crippen molar-refractivity contribution in [1.82, 2.24) is 8.87 Å². The third-order valence-corrected chi connectivity index (χ3v) is 6.88. The number of nitrogens with one attached hydrogen (secondary N) is 1. The molecule has 0 unspecified atom stereocenters. The van der Waals surface area contributed by atoms with Crippen molar-refractivity contribution in [2.75, 3.05) is 31.8 Å². The number of pyridine rings is 1. The van der Waals surface area contributed by atoms with Crippen LogP contribution in [0, 0.1) is 5.92 Å². The van der Waals surface area contributed by atoms with Gasteiger partial charge in [0.25, 0.3) is 11.5 Å². The topological polar surface area (TPSA) is 97.7 Å². The monoisotopic (exact) mass is 417 g/mol. The number of carbonyl (C=O) groups excluding carboxylic acids is 1. The predicted octanol–water partition coefficient (Wildman–Crippen LogP) is 1.49. The van der Waals surface area contributed by atoms with Crippen molar-refractivity contribution in [3.63, 3.8) is 0 Å². The highest BCUT2D eigenvalue weighted by molar-refractivity contribution is 7.88. The average Bonchev–Trinajstić information content (AvgIpc) is 2.69. The van der Waals surface area contributed by atoms with Crippen LogP contribution in [0.25, 0.3) is 0 Å².